The Labute approximate surface area is 235 Å². The quantitative estimate of drug-likeness (QED) is 0.215. The van der Waals surface area contributed by atoms with E-state index in [1.807, 2.05) is 6.26 Å². The SMILES string of the molecule is COC(=O)C(CCSC)NC(=S)N(NC(=O)OC(C)(C)C)[C@H](C)[C@](O)(Cn1cncn1)c1ccc(F)cc1F. The Balaban J connectivity index is 2.56. The summed E-state index contributed by atoms with van der Waals surface area (Å²) < 4.78 is 40.4. The van der Waals surface area contributed by atoms with Crippen molar-refractivity contribution in [3.05, 3.63) is 48.1 Å². The number of hydrogen-bond acceptors (Lipinski definition) is 9. The Bertz CT molecular complexity index is 1130. The molecule has 1 heterocycles. The molecule has 0 fully saturated rings. The van der Waals surface area contributed by atoms with Crippen LogP contribution in [0.15, 0.2) is 30.9 Å². The third-order valence-electron chi connectivity index (χ3n) is 5.57. The van der Waals surface area contributed by atoms with E-state index >= 15 is 4.39 Å². The van der Waals surface area contributed by atoms with E-state index < -0.39 is 47.0 Å². The zero-order chi connectivity index (χ0) is 29.4. The van der Waals surface area contributed by atoms with E-state index in [4.69, 9.17) is 21.7 Å². The molecule has 2 aromatic rings. The summed E-state index contributed by atoms with van der Waals surface area (Å²) in [5, 5.41) is 19.7. The van der Waals surface area contributed by atoms with Crippen molar-refractivity contribution >= 4 is 41.2 Å². The predicted molar refractivity (Wildman–Crippen MR) is 145 cm³/mol. The first-order valence-electron chi connectivity index (χ1n) is 11.9. The molecule has 0 aliphatic heterocycles. The van der Waals surface area contributed by atoms with Gasteiger partial charge < -0.3 is 19.9 Å². The van der Waals surface area contributed by atoms with Crippen LogP contribution >= 0.6 is 24.0 Å². The van der Waals surface area contributed by atoms with Crippen LogP contribution in [0.2, 0.25) is 0 Å². The van der Waals surface area contributed by atoms with Crippen LogP contribution in [-0.4, -0.2) is 78.9 Å². The molecule has 0 saturated heterocycles. The van der Waals surface area contributed by atoms with Gasteiger partial charge in [0.2, 0.25) is 0 Å². The van der Waals surface area contributed by atoms with Crippen molar-refractivity contribution in [3.8, 4) is 0 Å². The van der Waals surface area contributed by atoms with Gasteiger partial charge in [0.05, 0.1) is 19.7 Å². The Morgan fingerprint density at radius 2 is 2.00 bits per heavy atom. The lowest BCUT2D eigenvalue weighted by Crippen LogP contribution is -2.63. The minimum Gasteiger partial charge on any atom is -0.467 e. The molecule has 1 aromatic carbocycles. The molecule has 0 spiro atoms. The van der Waals surface area contributed by atoms with Crippen molar-refractivity contribution in [3.63, 3.8) is 0 Å². The first-order valence-corrected chi connectivity index (χ1v) is 13.7. The van der Waals surface area contributed by atoms with Gasteiger partial charge in [0, 0.05) is 11.6 Å². The van der Waals surface area contributed by atoms with E-state index in [1.165, 1.54) is 43.1 Å². The molecule has 2 rings (SSSR count). The topological polar surface area (TPSA) is 131 Å². The number of ether oxygens (including phenoxy) is 2. The van der Waals surface area contributed by atoms with Crippen LogP contribution in [0.1, 0.15) is 39.7 Å². The zero-order valence-electron chi connectivity index (χ0n) is 22.6. The smallest absolute Gasteiger partial charge is 0.426 e. The standard InChI is InChI=1S/C24H34F2N6O5S2/c1-15(24(35,12-31-14-27-13-28-31)17-8-7-16(25)11-18(17)26)32(30-22(34)37-23(2,3)4)21(38)29-19(9-10-39-6)20(33)36-5/h7-8,11,13-15,19,35H,9-10,12H2,1-6H3,(H,29,38)(H,30,34)/t15-,19?,24-/m1/s1. The molecule has 1 unspecified atom stereocenters. The molecule has 0 aliphatic rings. The third-order valence-corrected chi connectivity index (χ3v) is 6.53. The Hall–Kier alpha value is -3.04. The van der Waals surface area contributed by atoms with Gasteiger partial charge in [0.15, 0.2) is 5.11 Å². The number of hydrazine groups is 1. The number of halogens is 2. The Morgan fingerprint density at radius 1 is 1.31 bits per heavy atom. The van der Waals surface area contributed by atoms with Gasteiger partial charge in [-0.05, 0) is 64.4 Å². The number of rotatable bonds is 10. The van der Waals surface area contributed by atoms with Gasteiger partial charge in [-0.15, -0.1) is 0 Å². The van der Waals surface area contributed by atoms with Crippen LogP contribution in [-0.2, 0) is 26.4 Å². The fourth-order valence-corrected chi connectivity index (χ4v) is 4.44. The predicted octanol–water partition coefficient (Wildman–Crippen LogP) is 2.74. The highest BCUT2D eigenvalue weighted by atomic mass is 32.2. The number of nitrogens with one attached hydrogen (secondary N) is 2. The van der Waals surface area contributed by atoms with Crippen LogP contribution in [0.5, 0.6) is 0 Å². The summed E-state index contributed by atoms with van der Waals surface area (Å²) in [5.41, 5.74) is -0.869. The maximum absolute atomic E-state index is 15.1. The van der Waals surface area contributed by atoms with Gasteiger partial charge >= 0.3 is 12.1 Å². The number of aliphatic hydroxyl groups is 1. The normalized spacial score (nSPS) is 14.5. The number of carbonyl (C=O) groups is 2. The maximum Gasteiger partial charge on any atom is 0.426 e. The number of esters is 1. The molecule has 3 atom stereocenters. The second-order valence-corrected chi connectivity index (χ2v) is 11.0. The number of carbonyl (C=O) groups excluding carboxylic acids is 2. The number of nitrogens with zero attached hydrogens (tertiary/aromatic N) is 4. The number of thiocarbonyl (C=S) groups is 1. The summed E-state index contributed by atoms with van der Waals surface area (Å²) in [4.78, 5) is 29.1. The molecule has 0 radical (unpaired) electrons. The summed E-state index contributed by atoms with van der Waals surface area (Å²) in [6.07, 6.45) is 3.80. The highest BCUT2D eigenvalue weighted by Gasteiger charge is 2.44. The monoisotopic (exact) mass is 588 g/mol. The van der Waals surface area contributed by atoms with Crippen molar-refractivity contribution in [2.24, 2.45) is 0 Å². The largest absolute Gasteiger partial charge is 0.467 e. The second kappa shape index (κ2) is 13.8. The fraction of sp³-hybridized carbons (Fsp3) is 0.542. The Morgan fingerprint density at radius 3 is 2.54 bits per heavy atom. The molecule has 0 bridgehead atoms. The lowest BCUT2D eigenvalue weighted by molar-refractivity contribution is -0.142. The van der Waals surface area contributed by atoms with Gasteiger partial charge in [-0.25, -0.2) is 33.5 Å². The molecule has 11 nitrogen and oxygen atoms in total. The summed E-state index contributed by atoms with van der Waals surface area (Å²) in [5.74, 6) is -1.89. The summed E-state index contributed by atoms with van der Waals surface area (Å²) in [6, 6.07) is 0.585. The summed E-state index contributed by atoms with van der Waals surface area (Å²) >= 11 is 7.06. The molecule has 1 amide bonds. The molecule has 0 aliphatic carbocycles. The highest BCUT2D eigenvalue weighted by Crippen LogP contribution is 2.32. The van der Waals surface area contributed by atoms with Crippen LogP contribution < -0.4 is 10.7 Å². The number of hydrogen-bond donors (Lipinski definition) is 3. The summed E-state index contributed by atoms with van der Waals surface area (Å²) in [7, 11) is 1.23. The first kappa shape index (κ1) is 32.2. The van der Waals surface area contributed by atoms with Crippen LogP contribution in [0, 0.1) is 11.6 Å². The van der Waals surface area contributed by atoms with Crippen molar-refractivity contribution < 1.29 is 33.0 Å². The number of aromatic nitrogens is 3. The van der Waals surface area contributed by atoms with E-state index in [0.29, 0.717) is 18.2 Å². The average Bonchev–Trinajstić information content (AvgIpc) is 3.35. The lowest BCUT2D eigenvalue weighted by Gasteiger charge is -2.42. The molecule has 3 N–H and O–H groups in total. The first-order chi connectivity index (χ1) is 18.2. The minimum atomic E-state index is -2.17. The molecule has 39 heavy (non-hydrogen) atoms. The van der Waals surface area contributed by atoms with Gasteiger partial charge in [-0.1, -0.05) is 6.07 Å². The third kappa shape index (κ3) is 9.00. The van der Waals surface area contributed by atoms with Crippen molar-refractivity contribution in [1.82, 2.24) is 30.5 Å². The average molecular weight is 589 g/mol. The minimum absolute atomic E-state index is 0.190. The number of methoxy groups -OCH3 is 1. The van der Waals surface area contributed by atoms with Crippen LogP contribution in [0.3, 0.4) is 0 Å². The molecule has 15 heteroatoms. The Kier molecular flexibility index (Phi) is 11.4. The zero-order valence-corrected chi connectivity index (χ0v) is 24.2. The molecule has 216 valence electrons. The van der Waals surface area contributed by atoms with Crippen molar-refractivity contribution in [2.75, 3.05) is 19.1 Å². The van der Waals surface area contributed by atoms with Crippen molar-refractivity contribution in [1.29, 1.82) is 0 Å². The van der Waals surface area contributed by atoms with E-state index in [1.54, 1.807) is 20.8 Å². The number of thioether (sulfide) groups is 1. The van der Waals surface area contributed by atoms with Gasteiger partial charge in [-0.2, -0.15) is 16.9 Å². The molecule has 1 aromatic heterocycles. The van der Waals surface area contributed by atoms with Crippen LogP contribution in [0.25, 0.3) is 0 Å². The summed E-state index contributed by atoms with van der Waals surface area (Å²) in [6.45, 7) is 6.06. The lowest BCUT2D eigenvalue weighted by atomic mass is 9.86. The number of benzene rings is 1. The van der Waals surface area contributed by atoms with E-state index in [2.05, 4.69) is 20.8 Å². The number of amides is 1. The van der Waals surface area contributed by atoms with Gasteiger partial charge in [0.1, 0.15) is 41.5 Å². The van der Waals surface area contributed by atoms with Crippen molar-refractivity contribution in [2.45, 2.75) is 63.9 Å². The van der Waals surface area contributed by atoms with Crippen LogP contribution in [0.4, 0.5) is 13.6 Å². The van der Waals surface area contributed by atoms with E-state index in [9.17, 15) is 19.1 Å². The van der Waals surface area contributed by atoms with E-state index in [0.717, 1.165) is 17.1 Å². The second-order valence-electron chi connectivity index (χ2n) is 9.61. The van der Waals surface area contributed by atoms with Gasteiger partial charge in [-0.3, -0.25) is 5.01 Å². The fourth-order valence-electron chi connectivity index (χ4n) is 3.63. The van der Waals surface area contributed by atoms with Gasteiger partial charge in [0.25, 0.3) is 0 Å². The molecular weight excluding hydrogens is 554 g/mol. The molecule has 0 saturated carbocycles. The molecular formula is C24H34F2N6O5S2. The maximum atomic E-state index is 15.1. The van der Waals surface area contributed by atoms with E-state index in [-0.39, 0.29) is 17.2 Å². The highest BCUT2D eigenvalue weighted by molar-refractivity contribution is 7.98.